The van der Waals surface area contributed by atoms with E-state index in [0.717, 1.165) is 28.5 Å². The van der Waals surface area contributed by atoms with Gasteiger partial charge in [-0.25, -0.2) is 9.78 Å². The van der Waals surface area contributed by atoms with Crippen LogP contribution in [-0.2, 0) is 25.5 Å². The van der Waals surface area contributed by atoms with E-state index in [1.807, 2.05) is 47.8 Å². The number of ether oxygens (including phenoxy) is 2. The minimum atomic E-state index is -0.754. The van der Waals surface area contributed by atoms with Crippen molar-refractivity contribution in [1.82, 2.24) is 4.98 Å². The molecule has 0 spiro atoms. The zero-order valence-electron chi connectivity index (χ0n) is 21.5. The van der Waals surface area contributed by atoms with Gasteiger partial charge in [-0.2, -0.15) is 0 Å². The predicted molar refractivity (Wildman–Crippen MR) is 146 cm³/mol. The molecule has 1 aliphatic rings. The maximum Gasteiger partial charge on any atom is 0.336 e. The normalized spacial score (nSPS) is 17.2. The molecule has 0 bridgehead atoms. The van der Waals surface area contributed by atoms with Gasteiger partial charge in [0, 0.05) is 34.8 Å². The van der Waals surface area contributed by atoms with Crippen LogP contribution in [-0.4, -0.2) is 35.8 Å². The highest BCUT2D eigenvalue weighted by atomic mass is 32.1. The molecule has 2 aromatic carbocycles. The number of hydrogen-bond donors (Lipinski definition) is 1. The van der Waals surface area contributed by atoms with E-state index in [1.54, 1.807) is 27.7 Å². The molecule has 0 fully saturated rings. The van der Waals surface area contributed by atoms with E-state index in [4.69, 9.17) is 14.5 Å². The Bertz CT molecular complexity index is 1330. The second kappa shape index (κ2) is 12.0. The molecule has 37 heavy (non-hydrogen) atoms. The molecular weight excluding hydrogens is 486 g/mol. The molecule has 0 saturated carbocycles. The second-order valence-corrected chi connectivity index (χ2v) is 9.56. The highest BCUT2D eigenvalue weighted by Crippen LogP contribution is 2.43. The lowest BCUT2D eigenvalue weighted by molar-refractivity contribution is -0.146. The number of carbonyl (C=O) groups excluding carboxylic acids is 2. The largest absolute Gasteiger partial charge is 0.465 e. The topological polar surface area (TPSA) is 89.9 Å². The van der Waals surface area contributed by atoms with E-state index in [-0.39, 0.29) is 13.2 Å². The van der Waals surface area contributed by atoms with Crippen LogP contribution < -0.4 is 5.32 Å². The molecule has 1 aliphatic heterocycles. The lowest BCUT2D eigenvalue weighted by atomic mass is 9.75. The van der Waals surface area contributed by atoms with Crippen LogP contribution in [0.5, 0.6) is 0 Å². The van der Waals surface area contributed by atoms with Crippen molar-refractivity contribution in [2.45, 2.75) is 40.0 Å². The second-order valence-electron chi connectivity index (χ2n) is 8.70. The molecule has 1 aromatic heterocycles. The monoisotopic (exact) mass is 517 g/mol. The summed E-state index contributed by atoms with van der Waals surface area (Å²) >= 11 is 1.51. The van der Waals surface area contributed by atoms with Gasteiger partial charge in [0.05, 0.1) is 24.5 Å². The van der Waals surface area contributed by atoms with Crippen molar-refractivity contribution in [3.8, 4) is 0 Å². The maximum absolute atomic E-state index is 13.2. The van der Waals surface area contributed by atoms with Gasteiger partial charge in [0.1, 0.15) is 5.92 Å². The Morgan fingerprint density at radius 2 is 1.68 bits per heavy atom. The summed E-state index contributed by atoms with van der Waals surface area (Å²) < 4.78 is 10.8. The Labute approximate surface area is 221 Å². The van der Waals surface area contributed by atoms with Gasteiger partial charge in [-0.1, -0.05) is 48.5 Å². The lowest BCUT2D eigenvalue weighted by Gasteiger charge is -2.32. The van der Waals surface area contributed by atoms with Crippen molar-refractivity contribution >= 4 is 39.8 Å². The molecule has 0 radical (unpaired) electrons. The first kappa shape index (κ1) is 26.3. The zero-order chi connectivity index (χ0) is 26.4. The summed E-state index contributed by atoms with van der Waals surface area (Å²) in [5.74, 6) is -2.28. The Kier molecular flexibility index (Phi) is 8.50. The van der Waals surface area contributed by atoms with E-state index in [1.165, 1.54) is 16.9 Å². The molecule has 1 N–H and O–H groups in total. The summed E-state index contributed by atoms with van der Waals surface area (Å²) in [5, 5.41) is 6.19. The van der Waals surface area contributed by atoms with Crippen LogP contribution in [0.2, 0.25) is 0 Å². The molecule has 4 rings (SSSR count). The fourth-order valence-electron chi connectivity index (χ4n) is 4.63. The number of carbonyl (C=O) groups is 2. The first-order chi connectivity index (χ1) is 17.9. The van der Waals surface area contributed by atoms with E-state index >= 15 is 0 Å². The van der Waals surface area contributed by atoms with Crippen molar-refractivity contribution < 1.29 is 19.1 Å². The van der Waals surface area contributed by atoms with Gasteiger partial charge >= 0.3 is 11.9 Å². The smallest absolute Gasteiger partial charge is 0.336 e. The summed E-state index contributed by atoms with van der Waals surface area (Å²) in [6, 6.07) is 17.8. The number of nitrogens with one attached hydrogen (secondary N) is 1. The number of esters is 2. The number of nitrogens with zero attached hydrogens (tertiary/aromatic N) is 2. The van der Waals surface area contributed by atoms with E-state index < -0.39 is 23.8 Å². The molecule has 2 atom stereocenters. The number of para-hydroxylation sites is 1. The van der Waals surface area contributed by atoms with Crippen LogP contribution in [0.1, 0.15) is 50.4 Å². The molecule has 2 heterocycles. The van der Waals surface area contributed by atoms with Gasteiger partial charge in [-0.05, 0) is 44.9 Å². The first-order valence-electron chi connectivity index (χ1n) is 12.4. The Balaban J connectivity index is 1.72. The number of allylic oxidation sites excluding steroid dienone is 1. The summed E-state index contributed by atoms with van der Waals surface area (Å²) in [7, 11) is 0. The van der Waals surface area contributed by atoms with E-state index in [9.17, 15) is 9.59 Å². The molecule has 3 aromatic rings. The average molecular weight is 518 g/mol. The minimum Gasteiger partial charge on any atom is -0.465 e. The van der Waals surface area contributed by atoms with Crippen molar-refractivity contribution in [2.75, 3.05) is 18.5 Å². The standard InChI is InChI=1S/C29H31N3O4S/c1-5-35-27(33)24-18(3)30-19(4)25(28(34)36-6-2)26(24)22-14-10-11-15-23(22)32-29-31-21(17-37-29)16-20-12-8-7-9-13-20/h7-15,17,24,26H,5-6,16H2,1-4H3,(H,31,32). The molecule has 0 aliphatic carbocycles. The molecule has 8 heteroatoms. The van der Waals surface area contributed by atoms with Gasteiger partial charge in [-0.15, -0.1) is 11.3 Å². The Morgan fingerprint density at radius 3 is 2.41 bits per heavy atom. The van der Waals surface area contributed by atoms with Crippen molar-refractivity contribution in [2.24, 2.45) is 10.9 Å². The number of anilines is 2. The number of thiazole rings is 1. The number of benzene rings is 2. The van der Waals surface area contributed by atoms with Crippen molar-refractivity contribution in [3.63, 3.8) is 0 Å². The zero-order valence-corrected chi connectivity index (χ0v) is 22.3. The number of hydrogen-bond acceptors (Lipinski definition) is 8. The van der Waals surface area contributed by atoms with Crippen molar-refractivity contribution in [3.05, 3.63) is 88.1 Å². The lowest BCUT2D eigenvalue weighted by Crippen LogP contribution is -2.36. The molecular formula is C29H31N3O4S. The van der Waals surface area contributed by atoms with Gasteiger partial charge in [0.15, 0.2) is 5.13 Å². The summed E-state index contributed by atoms with van der Waals surface area (Å²) in [6.07, 6.45) is 0.735. The summed E-state index contributed by atoms with van der Waals surface area (Å²) in [6.45, 7) is 7.55. The highest BCUT2D eigenvalue weighted by molar-refractivity contribution is 7.13. The Hall–Kier alpha value is -3.78. The third kappa shape index (κ3) is 5.97. The van der Waals surface area contributed by atoms with Crippen LogP contribution in [0.15, 0.2) is 76.2 Å². The number of aliphatic imine (C=N–C) groups is 1. The van der Waals surface area contributed by atoms with Gasteiger partial charge in [0.2, 0.25) is 0 Å². The number of rotatable bonds is 9. The maximum atomic E-state index is 13.2. The summed E-state index contributed by atoms with van der Waals surface area (Å²) in [4.78, 5) is 35.6. The quantitative estimate of drug-likeness (QED) is 0.348. The minimum absolute atomic E-state index is 0.221. The van der Waals surface area contributed by atoms with Crippen LogP contribution in [0.4, 0.5) is 10.8 Å². The van der Waals surface area contributed by atoms with Gasteiger partial charge < -0.3 is 14.8 Å². The van der Waals surface area contributed by atoms with Crippen LogP contribution in [0, 0.1) is 5.92 Å². The highest BCUT2D eigenvalue weighted by Gasteiger charge is 2.43. The number of aromatic nitrogens is 1. The molecule has 2 unspecified atom stereocenters. The van der Waals surface area contributed by atoms with Crippen LogP contribution >= 0.6 is 11.3 Å². The molecule has 0 saturated heterocycles. The first-order valence-corrected chi connectivity index (χ1v) is 13.2. The third-order valence-corrected chi connectivity index (χ3v) is 6.99. The third-order valence-electron chi connectivity index (χ3n) is 6.18. The molecule has 0 amide bonds. The van der Waals surface area contributed by atoms with E-state index in [2.05, 4.69) is 22.4 Å². The molecule has 7 nitrogen and oxygen atoms in total. The summed E-state index contributed by atoms with van der Waals surface area (Å²) in [5.41, 5.74) is 5.18. The van der Waals surface area contributed by atoms with Crippen LogP contribution in [0.3, 0.4) is 0 Å². The van der Waals surface area contributed by atoms with Gasteiger partial charge in [0.25, 0.3) is 0 Å². The predicted octanol–water partition coefficient (Wildman–Crippen LogP) is 6.05. The fourth-order valence-corrected chi connectivity index (χ4v) is 5.35. The molecule has 192 valence electrons. The van der Waals surface area contributed by atoms with Crippen molar-refractivity contribution in [1.29, 1.82) is 0 Å². The fraction of sp³-hybridized carbons (Fsp3) is 0.310. The SMILES string of the molecule is CCOC(=O)C1=C(C)N=C(C)C(C(=O)OCC)C1c1ccccc1Nc1nc(Cc2ccccc2)cs1. The van der Waals surface area contributed by atoms with Crippen LogP contribution in [0.25, 0.3) is 0 Å². The van der Waals surface area contributed by atoms with Gasteiger partial charge in [-0.3, -0.25) is 9.79 Å². The Morgan fingerprint density at radius 1 is 0.973 bits per heavy atom. The average Bonchev–Trinajstić information content (AvgIpc) is 3.31. The van der Waals surface area contributed by atoms with E-state index in [0.29, 0.717) is 17.0 Å².